The molecule has 2 atom stereocenters. The fraction of sp³-hybridized carbons (Fsp3) is 0.600. The molecule has 0 amide bonds. The van der Waals surface area contributed by atoms with Crippen molar-refractivity contribution in [3.05, 3.63) is 35.9 Å². The Balaban J connectivity index is 1.79. The average molecular weight is 248 g/mol. The van der Waals surface area contributed by atoms with Gasteiger partial charge in [-0.3, -0.25) is 4.90 Å². The van der Waals surface area contributed by atoms with Gasteiger partial charge in [-0.25, -0.2) is 0 Å². The van der Waals surface area contributed by atoms with Crippen LogP contribution in [0.1, 0.15) is 25.3 Å². The van der Waals surface area contributed by atoms with E-state index in [1.807, 2.05) is 6.92 Å². The second-order valence-electron chi connectivity index (χ2n) is 5.30. The fourth-order valence-electron chi connectivity index (χ4n) is 2.42. The first kappa shape index (κ1) is 13.5. The Kier molecular flexibility index (Phi) is 5.17. The maximum Gasteiger partial charge on any atom is 0.0703 e. The van der Waals surface area contributed by atoms with Crippen molar-refractivity contribution in [2.75, 3.05) is 19.7 Å². The number of hydrogen-bond acceptors (Lipinski definition) is 3. The predicted octanol–water partition coefficient (Wildman–Crippen LogP) is 2.01. The number of benzene rings is 1. The maximum absolute atomic E-state index is 5.85. The summed E-state index contributed by atoms with van der Waals surface area (Å²) in [5.41, 5.74) is 7.11. The van der Waals surface area contributed by atoms with Gasteiger partial charge in [0.25, 0.3) is 0 Å². The van der Waals surface area contributed by atoms with E-state index >= 15 is 0 Å². The van der Waals surface area contributed by atoms with Gasteiger partial charge in [-0.2, -0.15) is 0 Å². The molecule has 0 saturated carbocycles. The van der Waals surface area contributed by atoms with Gasteiger partial charge in [0.15, 0.2) is 0 Å². The summed E-state index contributed by atoms with van der Waals surface area (Å²) < 4.78 is 5.85. The molecule has 2 N–H and O–H groups in total. The Labute approximate surface area is 110 Å². The van der Waals surface area contributed by atoms with Crippen LogP contribution in [-0.2, 0) is 11.3 Å². The molecule has 2 unspecified atom stereocenters. The lowest BCUT2D eigenvalue weighted by atomic mass is 10.1. The standard InChI is InChI=1S/C15H24N2O/c1-13(16)12-18-15-8-5-9-17(11-15)10-14-6-3-2-4-7-14/h2-4,6-7,13,15H,5,8-12,16H2,1H3. The molecule has 0 aliphatic carbocycles. The topological polar surface area (TPSA) is 38.5 Å². The Morgan fingerprint density at radius 1 is 1.39 bits per heavy atom. The van der Waals surface area contributed by atoms with E-state index in [2.05, 4.69) is 35.2 Å². The monoisotopic (exact) mass is 248 g/mol. The normalized spacial score (nSPS) is 22.9. The van der Waals surface area contributed by atoms with Crippen molar-refractivity contribution in [1.29, 1.82) is 0 Å². The van der Waals surface area contributed by atoms with E-state index in [1.54, 1.807) is 0 Å². The molecule has 1 aromatic rings. The zero-order chi connectivity index (χ0) is 12.8. The number of nitrogens with zero attached hydrogens (tertiary/aromatic N) is 1. The maximum atomic E-state index is 5.85. The summed E-state index contributed by atoms with van der Waals surface area (Å²) in [7, 11) is 0. The number of hydrogen-bond donors (Lipinski definition) is 1. The first-order chi connectivity index (χ1) is 8.74. The van der Waals surface area contributed by atoms with Gasteiger partial charge < -0.3 is 10.5 Å². The van der Waals surface area contributed by atoms with E-state index in [0.29, 0.717) is 12.7 Å². The highest BCUT2D eigenvalue weighted by Crippen LogP contribution is 2.16. The van der Waals surface area contributed by atoms with Crippen molar-refractivity contribution in [3.63, 3.8) is 0 Å². The van der Waals surface area contributed by atoms with E-state index in [0.717, 1.165) is 19.5 Å². The van der Waals surface area contributed by atoms with Gasteiger partial charge in [-0.1, -0.05) is 30.3 Å². The summed E-state index contributed by atoms with van der Waals surface area (Å²) in [6, 6.07) is 10.8. The Bertz CT molecular complexity index is 340. The van der Waals surface area contributed by atoms with E-state index in [9.17, 15) is 0 Å². The van der Waals surface area contributed by atoms with Crippen LogP contribution in [0.25, 0.3) is 0 Å². The third-order valence-corrected chi connectivity index (χ3v) is 3.31. The lowest BCUT2D eigenvalue weighted by molar-refractivity contribution is -0.00657. The fourth-order valence-corrected chi connectivity index (χ4v) is 2.42. The molecule has 3 nitrogen and oxygen atoms in total. The molecule has 1 aliphatic rings. The highest BCUT2D eigenvalue weighted by Gasteiger charge is 2.20. The molecular weight excluding hydrogens is 224 g/mol. The molecule has 18 heavy (non-hydrogen) atoms. The second kappa shape index (κ2) is 6.88. The highest BCUT2D eigenvalue weighted by molar-refractivity contribution is 5.14. The SMILES string of the molecule is CC(N)COC1CCCN(Cc2ccccc2)C1. The van der Waals surface area contributed by atoms with Crippen molar-refractivity contribution in [2.24, 2.45) is 5.73 Å². The van der Waals surface area contributed by atoms with Crippen LogP contribution < -0.4 is 5.73 Å². The van der Waals surface area contributed by atoms with Gasteiger partial charge in [-0.05, 0) is 31.9 Å². The first-order valence-corrected chi connectivity index (χ1v) is 6.87. The molecule has 1 heterocycles. The molecule has 0 spiro atoms. The van der Waals surface area contributed by atoms with Crippen molar-refractivity contribution in [1.82, 2.24) is 4.90 Å². The third kappa shape index (κ3) is 4.41. The zero-order valence-corrected chi connectivity index (χ0v) is 11.2. The van der Waals surface area contributed by atoms with Crippen LogP contribution in [0, 0.1) is 0 Å². The summed E-state index contributed by atoms with van der Waals surface area (Å²) in [5, 5.41) is 0. The van der Waals surface area contributed by atoms with Gasteiger partial charge >= 0.3 is 0 Å². The van der Waals surface area contributed by atoms with E-state index in [4.69, 9.17) is 10.5 Å². The molecule has 1 saturated heterocycles. The largest absolute Gasteiger partial charge is 0.375 e. The molecule has 3 heteroatoms. The highest BCUT2D eigenvalue weighted by atomic mass is 16.5. The van der Waals surface area contributed by atoms with Gasteiger partial charge in [-0.15, -0.1) is 0 Å². The zero-order valence-electron chi connectivity index (χ0n) is 11.2. The minimum Gasteiger partial charge on any atom is -0.375 e. The molecular formula is C15H24N2O. The minimum atomic E-state index is 0.134. The van der Waals surface area contributed by atoms with Crippen LogP contribution in [0.3, 0.4) is 0 Å². The molecule has 1 aromatic carbocycles. The van der Waals surface area contributed by atoms with Crippen LogP contribution in [0.4, 0.5) is 0 Å². The van der Waals surface area contributed by atoms with E-state index in [-0.39, 0.29) is 6.04 Å². The van der Waals surface area contributed by atoms with Gasteiger partial charge in [0.05, 0.1) is 12.7 Å². The third-order valence-electron chi connectivity index (χ3n) is 3.31. The van der Waals surface area contributed by atoms with E-state index < -0.39 is 0 Å². The van der Waals surface area contributed by atoms with Crippen LogP contribution in [0.15, 0.2) is 30.3 Å². The summed E-state index contributed by atoms with van der Waals surface area (Å²) >= 11 is 0. The first-order valence-electron chi connectivity index (χ1n) is 6.87. The molecule has 2 rings (SSSR count). The van der Waals surface area contributed by atoms with Crippen molar-refractivity contribution >= 4 is 0 Å². The Morgan fingerprint density at radius 2 is 2.17 bits per heavy atom. The van der Waals surface area contributed by atoms with Crippen LogP contribution >= 0.6 is 0 Å². The number of likely N-dealkylation sites (tertiary alicyclic amines) is 1. The Morgan fingerprint density at radius 3 is 2.89 bits per heavy atom. The summed E-state index contributed by atoms with van der Waals surface area (Å²) in [6.07, 6.45) is 2.74. The van der Waals surface area contributed by atoms with Gasteiger partial charge in [0, 0.05) is 19.1 Å². The Hall–Kier alpha value is -0.900. The number of ether oxygens (including phenoxy) is 1. The predicted molar refractivity (Wildman–Crippen MR) is 74.3 cm³/mol. The minimum absolute atomic E-state index is 0.134. The number of piperidine rings is 1. The second-order valence-corrected chi connectivity index (χ2v) is 5.30. The number of nitrogens with two attached hydrogens (primary N) is 1. The molecule has 1 fully saturated rings. The van der Waals surface area contributed by atoms with Crippen LogP contribution in [-0.4, -0.2) is 36.7 Å². The van der Waals surface area contributed by atoms with Crippen molar-refractivity contribution in [3.8, 4) is 0 Å². The van der Waals surface area contributed by atoms with Gasteiger partial charge in [0.2, 0.25) is 0 Å². The molecule has 0 aromatic heterocycles. The lowest BCUT2D eigenvalue weighted by Gasteiger charge is -2.33. The smallest absolute Gasteiger partial charge is 0.0703 e. The summed E-state index contributed by atoms with van der Waals surface area (Å²) in [4.78, 5) is 2.48. The molecule has 0 bridgehead atoms. The average Bonchev–Trinajstić information content (AvgIpc) is 2.38. The van der Waals surface area contributed by atoms with Crippen molar-refractivity contribution in [2.45, 2.75) is 38.5 Å². The van der Waals surface area contributed by atoms with Gasteiger partial charge in [0.1, 0.15) is 0 Å². The molecule has 1 aliphatic heterocycles. The molecule has 0 radical (unpaired) electrons. The number of rotatable bonds is 5. The van der Waals surface area contributed by atoms with Crippen LogP contribution in [0.5, 0.6) is 0 Å². The lowest BCUT2D eigenvalue weighted by Crippen LogP contribution is -2.40. The summed E-state index contributed by atoms with van der Waals surface area (Å²) in [5.74, 6) is 0. The molecule has 100 valence electrons. The quantitative estimate of drug-likeness (QED) is 0.866. The van der Waals surface area contributed by atoms with Crippen LogP contribution in [0.2, 0.25) is 0 Å². The van der Waals surface area contributed by atoms with Crippen molar-refractivity contribution < 1.29 is 4.74 Å². The van der Waals surface area contributed by atoms with E-state index in [1.165, 1.54) is 18.5 Å². The summed E-state index contributed by atoms with van der Waals surface area (Å²) in [6.45, 7) is 5.89.